The molecule has 0 unspecified atom stereocenters. The van der Waals surface area contributed by atoms with Gasteiger partial charge in [0.1, 0.15) is 17.1 Å². The fraction of sp³-hybridized carbons (Fsp3) is 0.714. The van der Waals surface area contributed by atoms with E-state index in [1.165, 1.54) is 12.8 Å². The van der Waals surface area contributed by atoms with Gasteiger partial charge in [0, 0.05) is 50.9 Å². The lowest BCUT2D eigenvalue weighted by Gasteiger charge is -2.41. The Hall–Kier alpha value is -2.48. The maximum Gasteiger partial charge on any atom is 0.410 e. The number of methoxy groups -OCH3 is 1. The number of nitrogens with zero attached hydrogens (tertiary/aromatic N) is 2. The second-order valence-electron chi connectivity index (χ2n) is 11.2. The molecule has 1 aromatic carbocycles. The van der Waals surface area contributed by atoms with E-state index in [0.717, 1.165) is 19.3 Å². The zero-order valence-electron chi connectivity index (χ0n) is 22.9. The van der Waals surface area contributed by atoms with Crippen molar-refractivity contribution in [3.05, 3.63) is 23.8 Å². The van der Waals surface area contributed by atoms with Crippen LogP contribution in [0.25, 0.3) is 0 Å². The summed E-state index contributed by atoms with van der Waals surface area (Å²) in [5.74, 6) is 1.78. The van der Waals surface area contributed by atoms with Crippen LogP contribution in [0.5, 0.6) is 11.5 Å². The number of ether oxygens (including phenoxy) is 4. The van der Waals surface area contributed by atoms with Crippen LogP contribution in [0.2, 0.25) is 0 Å². The highest BCUT2D eigenvalue weighted by molar-refractivity contribution is 5.95. The van der Waals surface area contributed by atoms with E-state index in [9.17, 15) is 9.59 Å². The van der Waals surface area contributed by atoms with Crippen molar-refractivity contribution >= 4 is 12.0 Å². The predicted molar refractivity (Wildman–Crippen MR) is 139 cm³/mol. The Morgan fingerprint density at radius 3 is 2.36 bits per heavy atom. The average molecular weight is 505 g/mol. The molecule has 0 aromatic heterocycles. The summed E-state index contributed by atoms with van der Waals surface area (Å²) in [6.07, 6.45) is 4.46. The Balaban J connectivity index is 1.78. The van der Waals surface area contributed by atoms with Gasteiger partial charge in [0.05, 0.1) is 19.3 Å². The molecule has 36 heavy (non-hydrogen) atoms. The first-order chi connectivity index (χ1) is 17.1. The number of benzene rings is 1. The summed E-state index contributed by atoms with van der Waals surface area (Å²) in [6.45, 7) is 12.5. The first kappa shape index (κ1) is 28.1. The lowest BCUT2D eigenvalue weighted by atomic mass is 10.0. The molecule has 1 saturated carbocycles. The zero-order chi connectivity index (χ0) is 26.3. The standard InChI is InChI=1S/C28H44N2O6/c1-20(2)30(23-9-7-12-29(18-23)27(32)36-28(3,4)5)26(31)22-15-24(34-14-8-13-33-6)17-25(16-22)35-19-21-10-11-21/h15-17,20-21,23H,7-14,18-19H2,1-6H3/t23-/m1/s1. The summed E-state index contributed by atoms with van der Waals surface area (Å²) in [4.78, 5) is 30.2. The summed E-state index contributed by atoms with van der Waals surface area (Å²) >= 11 is 0. The summed E-state index contributed by atoms with van der Waals surface area (Å²) in [7, 11) is 1.67. The number of piperidine rings is 1. The molecule has 2 aliphatic rings. The van der Waals surface area contributed by atoms with Gasteiger partial charge in [-0.25, -0.2) is 4.79 Å². The topological polar surface area (TPSA) is 77.5 Å². The maximum atomic E-state index is 13.9. The highest BCUT2D eigenvalue weighted by Crippen LogP contribution is 2.32. The Kier molecular flexibility index (Phi) is 9.88. The van der Waals surface area contributed by atoms with Crippen LogP contribution in [0, 0.1) is 5.92 Å². The van der Waals surface area contributed by atoms with Gasteiger partial charge in [-0.15, -0.1) is 0 Å². The molecule has 0 bridgehead atoms. The second-order valence-corrected chi connectivity index (χ2v) is 11.2. The summed E-state index contributed by atoms with van der Waals surface area (Å²) < 4.78 is 22.7. The molecule has 8 heteroatoms. The smallest absolute Gasteiger partial charge is 0.410 e. The molecule has 2 fully saturated rings. The minimum absolute atomic E-state index is 0.0387. The van der Waals surface area contributed by atoms with Crippen LogP contribution in [0.15, 0.2) is 18.2 Å². The Bertz CT molecular complexity index is 877. The largest absolute Gasteiger partial charge is 0.493 e. The van der Waals surface area contributed by atoms with Gasteiger partial charge in [-0.05, 0) is 78.4 Å². The Morgan fingerprint density at radius 2 is 1.75 bits per heavy atom. The summed E-state index contributed by atoms with van der Waals surface area (Å²) in [5, 5.41) is 0. The second kappa shape index (κ2) is 12.7. The average Bonchev–Trinajstić information content (AvgIpc) is 3.64. The minimum Gasteiger partial charge on any atom is -0.493 e. The van der Waals surface area contributed by atoms with Gasteiger partial charge in [0.2, 0.25) is 0 Å². The Labute approximate surface area is 216 Å². The normalized spacial score (nSPS) is 18.2. The molecule has 1 aliphatic carbocycles. The number of hydrogen-bond donors (Lipinski definition) is 0. The van der Waals surface area contributed by atoms with E-state index in [0.29, 0.717) is 55.9 Å². The van der Waals surface area contributed by atoms with Crippen LogP contribution in [0.1, 0.15) is 77.1 Å². The van der Waals surface area contributed by atoms with Crippen LogP contribution >= 0.6 is 0 Å². The minimum atomic E-state index is -0.557. The Morgan fingerprint density at radius 1 is 1.06 bits per heavy atom. The molecule has 1 aliphatic heterocycles. The first-order valence-electron chi connectivity index (χ1n) is 13.3. The molecule has 0 radical (unpaired) electrons. The highest BCUT2D eigenvalue weighted by atomic mass is 16.6. The molecular formula is C28H44N2O6. The molecule has 1 heterocycles. The van der Waals surface area contributed by atoms with E-state index >= 15 is 0 Å². The maximum absolute atomic E-state index is 13.9. The van der Waals surface area contributed by atoms with Crippen LogP contribution < -0.4 is 9.47 Å². The van der Waals surface area contributed by atoms with E-state index < -0.39 is 5.60 Å². The van der Waals surface area contributed by atoms with Crippen LogP contribution in [0.3, 0.4) is 0 Å². The molecule has 0 N–H and O–H groups in total. The monoisotopic (exact) mass is 504 g/mol. The van der Waals surface area contributed by atoms with Crippen molar-refractivity contribution in [3.63, 3.8) is 0 Å². The van der Waals surface area contributed by atoms with Crippen LogP contribution in [-0.2, 0) is 9.47 Å². The third-order valence-electron chi connectivity index (χ3n) is 6.30. The van der Waals surface area contributed by atoms with E-state index in [4.69, 9.17) is 18.9 Å². The summed E-state index contributed by atoms with van der Waals surface area (Å²) in [5.41, 5.74) is -0.0221. The van der Waals surface area contributed by atoms with Crippen LogP contribution in [0.4, 0.5) is 4.79 Å². The molecule has 202 valence electrons. The number of rotatable bonds is 11. The molecule has 1 aromatic rings. The van der Waals surface area contributed by atoms with Gasteiger partial charge in [-0.3, -0.25) is 4.79 Å². The SMILES string of the molecule is COCCCOc1cc(OCC2CC2)cc(C(=O)N(C(C)C)[C@@H]2CCCN(C(=O)OC(C)(C)C)C2)c1. The lowest BCUT2D eigenvalue weighted by Crippen LogP contribution is -2.54. The third-order valence-corrected chi connectivity index (χ3v) is 6.30. The van der Waals surface area contributed by atoms with E-state index in [1.807, 2.05) is 51.7 Å². The number of likely N-dealkylation sites (tertiary alicyclic amines) is 1. The van der Waals surface area contributed by atoms with Crippen molar-refractivity contribution in [1.82, 2.24) is 9.80 Å². The van der Waals surface area contributed by atoms with Gasteiger partial charge in [-0.2, -0.15) is 0 Å². The molecular weight excluding hydrogens is 460 g/mol. The fourth-order valence-corrected chi connectivity index (χ4v) is 4.40. The van der Waals surface area contributed by atoms with Gasteiger partial charge >= 0.3 is 6.09 Å². The molecule has 1 atom stereocenters. The molecule has 2 amide bonds. The number of hydrogen-bond acceptors (Lipinski definition) is 6. The van der Waals surface area contributed by atoms with E-state index in [2.05, 4.69) is 0 Å². The molecule has 8 nitrogen and oxygen atoms in total. The zero-order valence-corrected chi connectivity index (χ0v) is 22.9. The highest BCUT2D eigenvalue weighted by Gasteiger charge is 2.34. The number of amides is 2. The van der Waals surface area contributed by atoms with Crippen molar-refractivity contribution < 1.29 is 28.5 Å². The fourth-order valence-electron chi connectivity index (χ4n) is 4.40. The first-order valence-corrected chi connectivity index (χ1v) is 13.3. The van der Waals surface area contributed by atoms with Gasteiger partial charge in [-0.1, -0.05) is 0 Å². The molecule has 0 spiro atoms. The van der Waals surface area contributed by atoms with Gasteiger partial charge < -0.3 is 28.7 Å². The van der Waals surface area contributed by atoms with Crippen LogP contribution in [-0.4, -0.2) is 79.5 Å². The quantitative estimate of drug-likeness (QED) is 0.388. The molecule has 3 rings (SSSR count). The van der Waals surface area contributed by atoms with Gasteiger partial charge in [0.25, 0.3) is 5.91 Å². The third kappa shape index (κ3) is 8.57. The predicted octanol–water partition coefficient (Wildman–Crippen LogP) is 5.14. The lowest BCUT2D eigenvalue weighted by molar-refractivity contribution is 0.00751. The van der Waals surface area contributed by atoms with Crippen molar-refractivity contribution in [3.8, 4) is 11.5 Å². The molecule has 1 saturated heterocycles. The van der Waals surface area contributed by atoms with Crippen molar-refractivity contribution in [1.29, 1.82) is 0 Å². The van der Waals surface area contributed by atoms with E-state index in [-0.39, 0.29) is 24.1 Å². The van der Waals surface area contributed by atoms with Crippen molar-refractivity contribution in [2.24, 2.45) is 5.92 Å². The van der Waals surface area contributed by atoms with Gasteiger partial charge in [0.15, 0.2) is 0 Å². The number of carbonyl (C=O) groups excluding carboxylic acids is 2. The van der Waals surface area contributed by atoms with Crippen molar-refractivity contribution in [2.75, 3.05) is 40.0 Å². The van der Waals surface area contributed by atoms with Crippen molar-refractivity contribution in [2.45, 2.75) is 84.4 Å². The van der Waals surface area contributed by atoms with E-state index in [1.54, 1.807) is 18.1 Å². The number of carbonyl (C=O) groups is 2. The summed E-state index contributed by atoms with van der Waals surface area (Å²) in [6, 6.07) is 5.33.